The van der Waals surface area contributed by atoms with E-state index in [1.165, 1.54) is 5.56 Å². The maximum absolute atomic E-state index is 12.4. The van der Waals surface area contributed by atoms with E-state index in [1.807, 2.05) is 12.1 Å². The van der Waals surface area contributed by atoms with Crippen LogP contribution in [0, 0.1) is 5.92 Å². The van der Waals surface area contributed by atoms with Crippen molar-refractivity contribution in [2.75, 3.05) is 19.9 Å². The molecule has 23 heavy (non-hydrogen) atoms. The molecule has 6 heteroatoms. The molecule has 1 N–H and O–H groups in total. The second-order valence-corrected chi connectivity index (χ2v) is 6.46. The van der Waals surface area contributed by atoms with Crippen LogP contribution < -0.4 is 9.47 Å². The first-order chi connectivity index (χ1) is 11.1. The number of carboxylic acids is 1. The van der Waals surface area contributed by atoms with Gasteiger partial charge in [-0.1, -0.05) is 0 Å². The molecule has 0 spiro atoms. The average molecular weight is 317 g/mol. The standard InChI is InChI=1S/C17H19NO5/c19-14-7-13-12-6-16-15(22-9-23-16)5-10(12)3-4-18(13)8-11(14)1-2-17(20)21/h5-6,11,13H,1-4,7-9H2,(H,20,21)/t11-,13-/m0/s1. The zero-order chi connectivity index (χ0) is 16.0. The Morgan fingerprint density at radius 1 is 1.30 bits per heavy atom. The van der Waals surface area contributed by atoms with Crippen LogP contribution in [0.2, 0.25) is 0 Å². The van der Waals surface area contributed by atoms with Gasteiger partial charge in [0.05, 0.1) is 0 Å². The van der Waals surface area contributed by atoms with E-state index in [0.717, 1.165) is 30.0 Å². The van der Waals surface area contributed by atoms with Gasteiger partial charge in [-0.3, -0.25) is 14.5 Å². The van der Waals surface area contributed by atoms with Crippen LogP contribution in [0.5, 0.6) is 11.5 Å². The van der Waals surface area contributed by atoms with Gasteiger partial charge in [0, 0.05) is 37.9 Å². The van der Waals surface area contributed by atoms with Gasteiger partial charge in [0.15, 0.2) is 11.5 Å². The van der Waals surface area contributed by atoms with E-state index in [1.54, 1.807) is 0 Å². The summed E-state index contributed by atoms with van der Waals surface area (Å²) in [7, 11) is 0. The van der Waals surface area contributed by atoms with Crippen molar-refractivity contribution in [2.24, 2.45) is 5.92 Å². The van der Waals surface area contributed by atoms with Crippen LogP contribution in [0.4, 0.5) is 0 Å². The van der Waals surface area contributed by atoms with Crippen LogP contribution in [0.15, 0.2) is 12.1 Å². The number of hydrogen-bond donors (Lipinski definition) is 1. The summed E-state index contributed by atoms with van der Waals surface area (Å²) in [5, 5.41) is 8.83. The Labute approximate surface area is 134 Å². The second-order valence-electron chi connectivity index (χ2n) is 6.46. The minimum atomic E-state index is -0.836. The summed E-state index contributed by atoms with van der Waals surface area (Å²) in [6.07, 6.45) is 1.87. The van der Waals surface area contributed by atoms with Crippen LogP contribution in [0.3, 0.4) is 0 Å². The van der Waals surface area contributed by atoms with Gasteiger partial charge in [-0.05, 0) is 36.1 Å². The number of rotatable bonds is 3. The fourth-order valence-corrected chi connectivity index (χ4v) is 3.89. The highest BCUT2D eigenvalue weighted by atomic mass is 16.7. The van der Waals surface area contributed by atoms with Crippen LogP contribution in [0.25, 0.3) is 0 Å². The van der Waals surface area contributed by atoms with Gasteiger partial charge in [-0.25, -0.2) is 0 Å². The van der Waals surface area contributed by atoms with Gasteiger partial charge >= 0.3 is 5.97 Å². The van der Waals surface area contributed by atoms with Crippen molar-refractivity contribution in [2.45, 2.75) is 31.7 Å². The number of piperidine rings is 1. The third-order valence-corrected chi connectivity index (χ3v) is 5.11. The first-order valence-electron chi connectivity index (χ1n) is 8.03. The van der Waals surface area contributed by atoms with E-state index < -0.39 is 5.97 Å². The van der Waals surface area contributed by atoms with Crippen LogP contribution in [-0.4, -0.2) is 41.6 Å². The lowest BCUT2D eigenvalue weighted by molar-refractivity contribution is -0.138. The highest BCUT2D eigenvalue weighted by Crippen LogP contribution is 2.43. The smallest absolute Gasteiger partial charge is 0.303 e. The summed E-state index contributed by atoms with van der Waals surface area (Å²) in [4.78, 5) is 25.5. The molecule has 0 aliphatic carbocycles. The Morgan fingerprint density at radius 2 is 2.09 bits per heavy atom. The lowest BCUT2D eigenvalue weighted by Gasteiger charge is -2.42. The number of carbonyl (C=O) groups excluding carboxylic acids is 1. The molecular weight excluding hydrogens is 298 g/mol. The Bertz CT molecular complexity index is 671. The molecule has 1 aromatic carbocycles. The van der Waals surface area contributed by atoms with Crippen molar-refractivity contribution in [1.82, 2.24) is 4.90 Å². The summed E-state index contributed by atoms with van der Waals surface area (Å²) in [5.74, 6) is 0.734. The van der Waals surface area contributed by atoms with Crippen molar-refractivity contribution in [3.8, 4) is 11.5 Å². The Morgan fingerprint density at radius 3 is 2.87 bits per heavy atom. The largest absolute Gasteiger partial charge is 0.481 e. The van der Waals surface area contributed by atoms with Crippen molar-refractivity contribution in [3.05, 3.63) is 23.3 Å². The molecule has 0 unspecified atom stereocenters. The van der Waals surface area contributed by atoms with Gasteiger partial charge in [-0.2, -0.15) is 0 Å². The molecule has 3 aliphatic heterocycles. The number of aliphatic carboxylic acids is 1. The van der Waals surface area contributed by atoms with Crippen LogP contribution in [0.1, 0.15) is 36.4 Å². The average Bonchev–Trinajstić information content (AvgIpc) is 2.98. The minimum Gasteiger partial charge on any atom is -0.481 e. The van der Waals surface area contributed by atoms with Crippen LogP contribution in [-0.2, 0) is 16.0 Å². The number of hydrogen-bond acceptors (Lipinski definition) is 5. The molecule has 0 bridgehead atoms. The maximum atomic E-state index is 12.4. The Hall–Kier alpha value is -2.08. The van der Waals surface area contributed by atoms with Crippen molar-refractivity contribution in [1.29, 1.82) is 0 Å². The number of carbonyl (C=O) groups is 2. The predicted octanol–water partition coefficient (Wildman–Crippen LogP) is 1.77. The van der Waals surface area contributed by atoms with E-state index in [0.29, 0.717) is 19.4 Å². The third kappa shape index (κ3) is 2.57. The highest BCUT2D eigenvalue weighted by Gasteiger charge is 2.38. The van der Waals surface area contributed by atoms with E-state index in [9.17, 15) is 9.59 Å². The number of benzene rings is 1. The van der Waals surface area contributed by atoms with Crippen molar-refractivity contribution in [3.63, 3.8) is 0 Å². The molecular formula is C17H19NO5. The van der Waals surface area contributed by atoms with Crippen molar-refractivity contribution >= 4 is 11.8 Å². The Kier molecular flexibility index (Phi) is 3.49. The molecule has 1 aromatic rings. The molecule has 122 valence electrons. The number of fused-ring (bicyclic) bond motifs is 4. The van der Waals surface area contributed by atoms with Gasteiger partial charge < -0.3 is 14.6 Å². The van der Waals surface area contributed by atoms with Gasteiger partial charge in [0.1, 0.15) is 5.78 Å². The topological polar surface area (TPSA) is 76.1 Å². The second kappa shape index (κ2) is 5.53. The fraction of sp³-hybridized carbons (Fsp3) is 0.529. The number of ether oxygens (including phenoxy) is 2. The number of carboxylic acid groups (broad SMARTS) is 1. The molecule has 1 fully saturated rings. The van der Waals surface area contributed by atoms with E-state index >= 15 is 0 Å². The number of Topliss-reactive ketones (excluding diaryl/α,β-unsaturated/α-hetero) is 1. The monoisotopic (exact) mass is 317 g/mol. The van der Waals surface area contributed by atoms with E-state index in [-0.39, 0.29) is 31.0 Å². The fourth-order valence-electron chi connectivity index (χ4n) is 3.89. The summed E-state index contributed by atoms with van der Waals surface area (Å²) in [6.45, 7) is 1.81. The molecule has 2 atom stereocenters. The van der Waals surface area contributed by atoms with Crippen molar-refractivity contribution < 1.29 is 24.2 Å². The van der Waals surface area contributed by atoms with E-state index in [2.05, 4.69) is 4.90 Å². The molecule has 4 rings (SSSR count). The molecule has 0 amide bonds. The predicted molar refractivity (Wildman–Crippen MR) is 80.6 cm³/mol. The normalized spacial score (nSPS) is 25.8. The van der Waals surface area contributed by atoms with Gasteiger partial charge in [-0.15, -0.1) is 0 Å². The van der Waals surface area contributed by atoms with Gasteiger partial charge in [0.25, 0.3) is 0 Å². The molecule has 1 saturated heterocycles. The SMILES string of the molecule is O=C(O)CC[C@H]1CN2CCc3cc4c(cc3[C@@H]2CC1=O)OCO4. The molecule has 3 aliphatic rings. The molecule has 3 heterocycles. The van der Waals surface area contributed by atoms with Gasteiger partial charge in [0.2, 0.25) is 6.79 Å². The Balaban J connectivity index is 1.56. The molecule has 0 saturated carbocycles. The zero-order valence-corrected chi connectivity index (χ0v) is 12.8. The quantitative estimate of drug-likeness (QED) is 0.915. The highest BCUT2D eigenvalue weighted by molar-refractivity contribution is 5.83. The summed E-state index contributed by atoms with van der Waals surface area (Å²) >= 11 is 0. The maximum Gasteiger partial charge on any atom is 0.303 e. The third-order valence-electron chi connectivity index (χ3n) is 5.11. The summed E-state index contributed by atoms with van der Waals surface area (Å²) in [5.41, 5.74) is 2.39. The van der Waals surface area contributed by atoms with Crippen LogP contribution >= 0.6 is 0 Å². The minimum absolute atomic E-state index is 0.0597. The molecule has 6 nitrogen and oxygen atoms in total. The number of ketones is 1. The first-order valence-corrected chi connectivity index (χ1v) is 8.03. The lowest BCUT2D eigenvalue weighted by atomic mass is 9.81. The summed E-state index contributed by atoms with van der Waals surface area (Å²) < 4.78 is 10.9. The summed E-state index contributed by atoms with van der Waals surface area (Å²) in [6, 6.07) is 4.14. The van der Waals surface area contributed by atoms with E-state index in [4.69, 9.17) is 14.6 Å². The molecule has 0 radical (unpaired) electrons. The number of nitrogens with zero attached hydrogens (tertiary/aromatic N) is 1. The lowest BCUT2D eigenvalue weighted by Crippen LogP contribution is -2.46. The zero-order valence-electron chi connectivity index (χ0n) is 12.8. The first kappa shape index (κ1) is 14.5. The molecule has 0 aromatic heterocycles.